The molecule has 0 spiro atoms. The summed E-state index contributed by atoms with van der Waals surface area (Å²) < 4.78 is 0. The largest absolute Gasteiger partial charge is 0.397 e. The van der Waals surface area contributed by atoms with Crippen LogP contribution in [0.25, 0.3) is 0 Å². The van der Waals surface area contributed by atoms with Gasteiger partial charge < -0.3 is 11.1 Å². The van der Waals surface area contributed by atoms with Crippen LogP contribution in [0.5, 0.6) is 0 Å². The molecule has 98 valence electrons. The third-order valence-electron chi connectivity index (χ3n) is 3.40. The Morgan fingerprint density at radius 3 is 2.78 bits per heavy atom. The maximum atomic E-state index is 12.0. The van der Waals surface area contributed by atoms with Gasteiger partial charge >= 0.3 is 0 Å². The number of pyridine rings is 1. The highest BCUT2D eigenvalue weighted by molar-refractivity contribution is 7.99. The number of hydrogen-bond donors (Lipinski definition) is 2. The third kappa shape index (κ3) is 3.16. The van der Waals surface area contributed by atoms with E-state index < -0.39 is 0 Å². The summed E-state index contributed by atoms with van der Waals surface area (Å²) in [6.45, 7) is 0. The topological polar surface area (TPSA) is 68.0 Å². The number of hydrogen-bond acceptors (Lipinski definition) is 4. The van der Waals surface area contributed by atoms with Crippen molar-refractivity contribution in [1.29, 1.82) is 0 Å². The van der Waals surface area contributed by atoms with E-state index in [1.165, 1.54) is 12.8 Å². The fraction of sp³-hybridized carbons (Fsp3) is 0.538. The van der Waals surface area contributed by atoms with Crippen molar-refractivity contribution in [1.82, 2.24) is 10.3 Å². The zero-order chi connectivity index (χ0) is 13.0. The number of aromatic nitrogens is 1. The fourth-order valence-corrected chi connectivity index (χ4v) is 3.05. The zero-order valence-corrected chi connectivity index (χ0v) is 11.4. The number of amides is 1. The molecule has 0 saturated heterocycles. The van der Waals surface area contributed by atoms with Gasteiger partial charge in [0.25, 0.3) is 5.91 Å². The lowest BCUT2D eigenvalue weighted by Gasteiger charge is -2.28. The molecule has 18 heavy (non-hydrogen) atoms. The van der Waals surface area contributed by atoms with Crippen molar-refractivity contribution < 1.29 is 4.79 Å². The molecule has 1 amide bonds. The summed E-state index contributed by atoms with van der Waals surface area (Å²) in [5.74, 6) is -0.152. The van der Waals surface area contributed by atoms with E-state index in [4.69, 9.17) is 5.73 Å². The Morgan fingerprint density at radius 1 is 1.44 bits per heavy atom. The predicted molar refractivity (Wildman–Crippen MR) is 75.7 cm³/mol. The number of nitrogens with one attached hydrogen (secondary N) is 1. The first-order valence-corrected chi connectivity index (χ1v) is 7.53. The minimum atomic E-state index is -0.152. The number of carbonyl (C=O) groups excluding carboxylic acids is 1. The van der Waals surface area contributed by atoms with Crippen LogP contribution in [0.15, 0.2) is 18.3 Å². The molecule has 0 aliphatic heterocycles. The highest BCUT2D eigenvalue weighted by Crippen LogP contribution is 2.27. The minimum absolute atomic E-state index is 0.152. The third-order valence-corrected chi connectivity index (χ3v) is 4.53. The molecule has 5 heteroatoms. The number of nitrogens with zero attached hydrogens (tertiary/aromatic N) is 1. The fourth-order valence-electron chi connectivity index (χ4n) is 2.30. The molecule has 1 fully saturated rings. The SMILES string of the molecule is CSC1CCC(NC(=O)c2ncccc2N)CC1. The van der Waals surface area contributed by atoms with Crippen LogP contribution in [-0.4, -0.2) is 28.4 Å². The Bertz CT molecular complexity index is 416. The standard InChI is InChI=1S/C13H19N3OS/c1-18-10-6-4-9(5-7-10)16-13(17)12-11(14)3-2-8-15-12/h2-3,8-10H,4-7,14H2,1H3,(H,16,17). The van der Waals surface area contributed by atoms with Crippen molar-refractivity contribution in [3.8, 4) is 0 Å². The molecule has 0 radical (unpaired) electrons. The van der Waals surface area contributed by atoms with Crippen LogP contribution in [0, 0.1) is 0 Å². The van der Waals surface area contributed by atoms with E-state index in [0.717, 1.165) is 18.1 Å². The average molecular weight is 265 g/mol. The molecule has 1 aliphatic rings. The Kier molecular flexibility index (Phi) is 4.47. The number of nitrogens with two attached hydrogens (primary N) is 1. The van der Waals surface area contributed by atoms with Crippen molar-refractivity contribution >= 4 is 23.4 Å². The summed E-state index contributed by atoms with van der Waals surface area (Å²) in [5.41, 5.74) is 6.52. The molecule has 4 nitrogen and oxygen atoms in total. The molecule has 0 unspecified atom stereocenters. The number of rotatable bonds is 3. The first-order chi connectivity index (χ1) is 8.70. The molecule has 0 aromatic carbocycles. The van der Waals surface area contributed by atoms with Crippen LogP contribution in [0.4, 0.5) is 5.69 Å². The van der Waals surface area contributed by atoms with E-state index in [2.05, 4.69) is 16.6 Å². The summed E-state index contributed by atoms with van der Waals surface area (Å²) in [5, 5.41) is 3.78. The highest BCUT2D eigenvalue weighted by atomic mass is 32.2. The summed E-state index contributed by atoms with van der Waals surface area (Å²) in [4.78, 5) is 16.1. The van der Waals surface area contributed by atoms with Gasteiger partial charge in [0, 0.05) is 17.5 Å². The van der Waals surface area contributed by atoms with Gasteiger partial charge in [0.1, 0.15) is 0 Å². The van der Waals surface area contributed by atoms with E-state index in [-0.39, 0.29) is 11.9 Å². The molecule has 1 aromatic heterocycles. The van der Waals surface area contributed by atoms with Gasteiger partial charge in [-0.15, -0.1) is 0 Å². The minimum Gasteiger partial charge on any atom is -0.397 e. The van der Waals surface area contributed by atoms with E-state index in [0.29, 0.717) is 11.4 Å². The van der Waals surface area contributed by atoms with E-state index in [9.17, 15) is 4.79 Å². The van der Waals surface area contributed by atoms with Crippen LogP contribution in [0.3, 0.4) is 0 Å². The van der Waals surface area contributed by atoms with Crippen molar-refractivity contribution in [2.24, 2.45) is 0 Å². The zero-order valence-electron chi connectivity index (χ0n) is 10.6. The van der Waals surface area contributed by atoms with Crippen LogP contribution >= 0.6 is 11.8 Å². The second-order valence-electron chi connectivity index (χ2n) is 4.62. The molecule has 1 aromatic rings. The average Bonchev–Trinajstić information content (AvgIpc) is 2.40. The Labute approximate surface area is 112 Å². The molecule has 1 aliphatic carbocycles. The van der Waals surface area contributed by atoms with E-state index >= 15 is 0 Å². The molecule has 1 heterocycles. The van der Waals surface area contributed by atoms with Crippen molar-refractivity contribution in [3.63, 3.8) is 0 Å². The summed E-state index contributed by atoms with van der Waals surface area (Å²) >= 11 is 1.92. The smallest absolute Gasteiger partial charge is 0.272 e. The summed E-state index contributed by atoms with van der Waals surface area (Å²) in [6, 6.07) is 3.70. The normalized spacial score (nSPS) is 23.6. The Balaban J connectivity index is 1.91. The van der Waals surface area contributed by atoms with Gasteiger partial charge in [-0.1, -0.05) is 0 Å². The monoisotopic (exact) mass is 265 g/mol. The lowest BCUT2D eigenvalue weighted by Crippen LogP contribution is -2.38. The molecule has 2 rings (SSSR count). The van der Waals surface area contributed by atoms with Crippen molar-refractivity contribution in [2.45, 2.75) is 37.0 Å². The second-order valence-corrected chi connectivity index (χ2v) is 5.76. The molecular formula is C13H19N3OS. The number of carbonyl (C=O) groups is 1. The predicted octanol–water partition coefficient (Wildman–Crippen LogP) is 2.07. The first kappa shape index (κ1) is 13.2. The Morgan fingerprint density at radius 2 is 2.17 bits per heavy atom. The van der Waals surface area contributed by atoms with Crippen LogP contribution in [0.1, 0.15) is 36.2 Å². The lowest BCUT2D eigenvalue weighted by atomic mass is 9.95. The van der Waals surface area contributed by atoms with Crippen LogP contribution in [-0.2, 0) is 0 Å². The van der Waals surface area contributed by atoms with E-state index in [1.54, 1.807) is 18.3 Å². The number of anilines is 1. The van der Waals surface area contributed by atoms with Crippen LogP contribution < -0.4 is 11.1 Å². The highest BCUT2D eigenvalue weighted by Gasteiger charge is 2.23. The molecule has 3 N–H and O–H groups in total. The number of thioether (sulfide) groups is 1. The van der Waals surface area contributed by atoms with Crippen molar-refractivity contribution in [2.75, 3.05) is 12.0 Å². The first-order valence-electron chi connectivity index (χ1n) is 6.25. The van der Waals surface area contributed by atoms with E-state index in [1.807, 2.05) is 11.8 Å². The molecular weight excluding hydrogens is 246 g/mol. The molecule has 0 atom stereocenters. The second kappa shape index (κ2) is 6.09. The lowest BCUT2D eigenvalue weighted by molar-refractivity contribution is 0.0924. The molecule has 0 bridgehead atoms. The quantitative estimate of drug-likeness (QED) is 0.878. The van der Waals surface area contributed by atoms with Gasteiger partial charge in [-0.25, -0.2) is 4.98 Å². The maximum Gasteiger partial charge on any atom is 0.272 e. The van der Waals surface area contributed by atoms with Crippen molar-refractivity contribution in [3.05, 3.63) is 24.0 Å². The van der Waals surface area contributed by atoms with Gasteiger partial charge in [0.2, 0.25) is 0 Å². The summed E-state index contributed by atoms with van der Waals surface area (Å²) in [6.07, 6.45) is 8.18. The van der Waals surface area contributed by atoms with Gasteiger partial charge in [0.15, 0.2) is 5.69 Å². The van der Waals surface area contributed by atoms with Gasteiger partial charge in [-0.2, -0.15) is 11.8 Å². The number of nitrogen functional groups attached to an aromatic ring is 1. The Hall–Kier alpha value is -1.23. The van der Waals surface area contributed by atoms with Gasteiger partial charge in [0.05, 0.1) is 5.69 Å². The molecule has 1 saturated carbocycles. The van der Waals surface area contributed by atoms with Gasteiger partial charge in [-0.3, -0.25) is 4.79 Å². The van der Waals surface area contributed by atoms with Gasteiger partial charge in [-0.05, 0) is 44.1 Å². The van der Waals surface area contributed by atoms with Crippen LogP contribution in [0.2, 0.25) is 0 Å². The maximum absolute atomic E-state index is 12.0. The summed E-state index contributed by atoms with van der Waals surface area (Å²) in [7, 11) is 0.